The maximum Gasteiger partial charge on any atom is 0.0732 e. The van der Waals surface area contributed by atoms with Gasteiger partial charge in [0, 0.05) is 15.1 Å². The van der Waals surface area contributed by atoms with E-state index in [1.54, 1.807) is 0 Å². The van der Waals surface area contributed by atoms with Gasteiger partial charge in [-0.05, 0) is 56.2 Å². The van der Waals surface area contributed by atoms with Crippen LogP contribution in [0.2, 0.25) is 0 Å². The first-order valence-electron chi connectivity index (χ1n) is 6.94. The second-order valence-corrected chi connectivity index (χ2v) is 7.05. The highest BCUT2D eigenvalue weighted by Gasteiger charge is 2.32. The Bertz CT molecular complexity index is 425. The molecular weight excluding hydrogens is 370 g/mol. The van der Waals surface area contributed by atoms with Crippen molar-refractivity contribution in [1.29, 1.82) is 0 Å². The van der Waals surface area contributed by atoms with Crippen molar-refractivity contribution < 1.29 is 0 Å². The Morgan fingerprint density at radius 3 is 2.79 bits per heavy atom. The highest BCUT2D eigenvalue weighted by Crippen LogP contribution is 2.41. The predicted molar refractivity (Wildman–Crippen MR) is 85.4 cm³/mol. The third-order valence-electron chi connectivity index (χ3n) is 4.23. The standard InChI is InChI=1S/C14H21Br2N3/c1-2-9-5-3-4-6-11(9)13(19-17)14-12(16)7-10(15)8-18-14/h7-9,11,13,19H,2-6,17H2,1H3. The number of nitrogens with two attached hydrogens (primary N) is 1. The molecule has 1 heterocycles. The summed E-state index contributed by atoms with van der Waals surface area (Å²) >= 11 is 7.05. The molecular formula is C14H21Br2N3. The van der Waals surface area contributed by atoms with E-state index in [0.29, 0.717) is 5.92 Å². The van der Waals surface area contributed by atoms with Crippen molar-refractivity contribution in [3.05, 3.63) is 26.9 Å². The van der Waals surface area contributed by atoms with Crippen LogP contribution in [0.1, 0.15) is 50.8 Å². The molecule has 19 heavy (non-hydrogen) atoms. The SMILES string of the molecule is CCC1CCCCC1C(NN)c1ncc(Br)cc1Br. The predicted octanol–water partition coefficient (Wildman–Crippen LogP) is 4.33. The van der Waals surface area contributed by atoms with Crippen molar-refractivity contribution in [2.75, 3.05) is 0 Å². The van der Waals surface area contributed by atoms with Crippen LogP contribution in [0.25, 0.3) is 0 Å². The van der Waals surface area contributed by atoms with Crippen LogP contribution in [0, 0.1) is 11.8 Å². The molecule has 0 amide bonds. The lowest BCUT2D eigenvalue weighted by Gasteiger charge is -2.36. The Labute approximate surface area is 132 Å². The largest absolute Gasteiger partial charge is 0.271 e. The highest BCUT2D eigenvalue weighted by atomic mass is 79.9. The van der Waals surface area contributed by atoms with E-state index in [9.17, 15) is 0 Å². The molecule has 0 spiro atoms. The monoisotopic (exact) mass is 389 g/mol. The summed E-state index contributed by atoms with van der Waals surface area (Å²) in [6, 6.07) is 2.17. The molecule has 0 radical (unpaired) electrons. The summed E-state index contributed by atoms with van der Waals surface area (Å²) in [6.45, 7) is 2.28. The minimum atomic E-state index is 0.132. The highest BCUT2D eigenvalue weighted by molar-refractivity contribution is 9.11. The minimum Gasteiger partial charge on any atom is -0.271 e. The van der Waals surface area contributed by atoms with Crippen molar-refractivity contribution >= 4 is 31.9 Å². The summed E-state index contributed by atoms with van der Waals surface area (Å²) in [7, 11) is 0. The van der Waals surface area contributed by atoms with E-state index in [1.165, 1.54) is 32.1 Å². The fourth-order valence-electron chi connectivity index (χ4n) is 3.24. The lowest BCUT2D eigenvalue weighted by Crippen LogP contribution is -2.38. The van der Waals surface area contributed by atoms with Crippen LogP contribution < -0.4 is 11.3 Å². The lowest BCUT2D eigenvalue weighted by atomic mass is 9.73. The average Bonchev–Trinajstić information content (AvgIpc) is 2.42. The Morgan fingerprint density at radius 1 is 1.42 bits per heavy atom. The van der Waals surface area contributed by atoms with Crippen LogP contribution in [-0.2, 0) is 0 Å². The molecule has 0 saturated heterocycles. The van der Waals surface area contributed by atoms with E-state index in [-0.39, 0.29) is 6.04 Å². The second kappa shape index (κ2) is 7.16. The van der Waals surface area contributed by atoms with Gasteiger partial charge >= 0.3 is 0 Å². The molecule has 3 nitrogen and oxygen atoms in total. The number of rotatable bonds is 4. The van der Waals surface area contributed by atoms with Crippen molar-refractivity contribution in [3.63, 3.8) is 0 Å². The Hall–Kier alpha value is 0.0300. The molecule has 1 aromatic rings. The molecule has 1 aliphatic carbocycles. The first-order valence-corrected chi connectivity index (χ1v) is 8.53. The lowest BCUT2D eigenvalue weighted by molar-refractivity contribution is 0.173. The number of hydrazine groups is 1. The molecule has 1 saturated carbocycles. The molecule has 3 atom stereocenters. The maximum atomic E-state index is 5.84. The molecule has 1 fully saturated rings. The summed E-state index contributed by atoms with van der Waals surface area (Å²) < 4.78 is 2.00. The van der Waals surface area contributed by atoms with E-state index in [0.717, 1.165) is 20.6 Å². The van der Waals surface area contributed by atoms with E-state index in [1.807, 2.05) is 12.3 Å². The Morgan fingerprint density at radius 2 is 2.16 bits per heavy atom. The van der Waals surface area contributed by atoms with Crippen molar-refractivity contribution in [1.82, 2.24) is 10.4 Å². The zero-order valence-corrected chi connectivity index (χ0v) is 14.4. The third-order valence-corrected chi connectivity index (χ3v) is 5.30. The summed E-state index contributed by atoms with van der Waals surface area (Å²) in [5.41, 5.74) is 4.03. The Balaban J connectivity index is 2.27. The van der Waals surface area contributed by atoms with E-state index >= 15 is 0 Å². The first-order chi connectivity index (χ1) is 9.17. The van der Waals surface area contributed by atoms with Gasteiger partial charge in [-0.1, -0.05) is 32.6 Å². The topological polar surface area (TPSA) is 50.9 Å². The minimum absolute atomic E-state index is 0.132. The van der Waals surface area contributed by atoms with Gasteiger partial charge < -0.3 is 0 Å². The van der Waals surface area contributed by atoms with Crippen LogP contribution in [-0.4, -0.2) is 4.98 Å². The van der Waals surface area contributed by atoms with Gasteiger partial charge in [0.2, 0.25) is 0 Å². The van der Waals surface area contributed by atoms with Gasteiger partial charge in [-0.3, -0.25) is 16.3 Å². The quantitative estimate of drug-likeness (QED) is 0.594. The molecule has 3 unspecified atom stereocenters. The van der Waals surface area contributed by atoms with Gasteiger partial charge in [0.05, 0.1) is 11.7 Å². The number of nitrogens with zero attached hydrogens (tertiary/aromatic N) is 1. The Kier molecular flexibility index (Phi) is 5.81. The molecule has 1 aliphatic rings. The van der Waals surface area contributed by atoms with Gasteiger partial charge in [0.15, 0.2) is 0 Å². The number of halogens is 2. The van der Waals surface area contributed by atoms with E-state index < -0.39 is 0 Å². The van der Waals surface area contributed by atoms with Crippen LogP contribution in [0.3, 0.4) is 0 Å². The first kappa shape index (κ1) is 15.4. The number of aromatic nitrogens is 1. The van der Waals surface area contributed by atoms with Gasteiger partial charge in [-0.2, -0.15) is 0 Å². The number of nitrogens with one attached hydrogen (secondary N) is 1. The average molecular weight is 391 g/mol. The summed E-state index contributed by atoms with van der Waals surface area (Å²) in [6.07, 6.45) is 8.25. The molecule has 0 bridgehead atoms. The molecule has 106 valence electrons. The molecule has 0 aliphatic heterocycles. The zero-order chi connectivity index (χ0) is 13.8. The molecule has 2 rings (SSSR count). The van der Waals surface area contributed by atoms with Gasteiger partial charge in [0.1, 0.15) is 0 Å². The number of hydrogen-bond acceptors (Lipinski definition) is 3. The fraction of sp³-hybridized carbons (Fsp3) is 0.643. The molecule has 0 aromatic carbocycles. The molecule has 3 N–H and O–H groups in total. The second-order valence-electron chi connectivity index (χ2n) is 5.28. The normalized spacial score (nSPS) is 25.3. The summed E-state index contributed by atoms with van der Waals surface area (Å²) in [4.78, 5) is 4.56. The van der Waals surface area contributed by atoms with Crippen LogP contribution in [0.5, 0.6) is 0 Å². The van der Waals surface area contributed by atoms with E-state index in [4.69, 9.17) is 5.84 Å². The number of pyridine rings is 1. The maximum absolute atomic E-state index is 5.84. The summed E-state index contributed by atoms with van der Waals surface area (Å²) in [5.74, 6) is 7.16. The van der Waals surface area contributed by atoms with Crippen molar-refractivity contribution in [2.24, 2.45) is 17.7 Å². The van der Waals surface area contributed by atoms with Gasteiger partial charge in [-0.15, -0.1) is 0 Å². The van der Waals surface area contributed by atoms with Crippen molar-refractivity contribution in [3.8, 4) is 0 Å². The van der Waals surface area contributed by atoms with Crippen LogP contribution in [0.15, 0.2) is 21.2 Å². The van der Waals surface area contributed by atoms with Crippen molar-refractivity contribution in [2.45, 2.75) is 45.1 Å². The fourth-order valence-corrected chi connectivity index (χ4v) is 4.48. The molecule has 5 heteroatoms. The smallest absolute Gasteiger partial charge is 0.0732 e. The van der Waals surface area contributed by atoms with Crippen LogP contribution >= 0.6 is 31.9 Å². The summed E-state index contributed by atoms with van der Waals surface area (Å²) in [5, 5.41) is 0. The number of hydrogen-bond donors (Lipinski definition) is 2. The molecule has 1 aromatic heterocycles. The van der Waals surface area contributed by atoms with Crippen LogP contribution in [0.4, 0.5) is 0 Å². The van der Waals surface area contributed by atoms with E-state index in [2.05, 4.69) is 49.2 Å². The zero-order valence-electron chi connectivity index (χ0n) is 11.2. The van der Waals surface area contributed by atoms with Gasteiger partial charge in [0.25, 0.3) is 0 Å². The van der Waals surface area contributed by atoms with Gasteiger partial charge in [-0.25, -0.2) is 0 Å². The third kappa shape index (κ3) is 3.57.